The van der Waals surface area contributed by atoms with Crippen molar-refractivity contribution >= 4 is 41.5 Å². The minimum atomic E-state index is -2.23. The van der Waals surface area contributed by atoms with Gasteiger partial charge in [0.05, 0.1) is 27.7 Å². The topological polar surface area (TPSA) is 235 Å². The summed E-state index contributed by atoms with van der Waals surface area (Å²) in [6.07, 6.45) is -3.18. The van der Waals surface area contributed by atoms with Gasteiger partial charge in [0, 0.05) is 32.3 Å². The number of phenols is 1. The molecule has 0 bridgehead atoms. The van der Waals surface area contributed by atoms with Crippen LogP contribution in [-0.2, 0) is 45.2 Å². The van der Waals surface area contributed by atoms with Gasteiger partial charge in [0.15, 0.2) is 18.2 Å². The maximum Gasteiger partial charge on any atom is 0.355 e. The number of hydrogen-bond donors (Lipinski definition) is 3. The predicted octanol–water partition coefficient (Wildman–Crippen LogP) is -2.45. The van der Waals surface area contributed by atoms with Gasteiger partial charge in [-0.2, -0.15) is 0 Å². The van der Waals surface area contributed by atoms with Crippen LogP contribution in [0.3, 0.4) is 0 Å². The number of tetrazole rings is 1. The number of esters is 1. The molecule has 0 saturated carbocycles. The summed E-state index contributed by atoms with van der Waals surface area (Å²) in [7, 11) is 8.02. The number of carbonyl (C=O) groups is 5. The van der Waals surface area contributed by atoms with E-state index >= 15 is 0 Å². The van der Waals surface area contributed by atoms with Gasteiger partial charge in [0.2, 0.25) is 11.1 Å². The number of carboxylic acids is 2. The molecule has 2 amide bonds. The third-order valence-corrected chi connectivity index (χ3v) is 8.14. The molecule has 1 aromatic carbocycles. The van der Waals surface area contributed by atoms with E-state index < -0.39 is 60.1 Å². The first-order valence-corrected chi connectivity index (χ1v) is 14.7. The van der Waals surface area contributed by atoms with Crippen LogP contribution in [-0.4, -0.2) is 135 Å². The molecule has 0 aliphatic carbocycles. The number of aliphatic carboxylic acids is 2. The minimum Gasteiger partial charge on any atom is -0.550 e. The maximum absolute atomic E-state index is 13.8. The Balaban J connectivity index is 1.66. The zero-order valence-electron chi connectivity index (χ0n) is 25.5. The number of thioether (sulfide) groups is 1. The van der Waals surface area contributed by atoms with E-state index in [0.29, 0.717) is 5.16 Å². The summed E-state index contributed by atoms with van der Waals surface area (Å²) in [6, 6.07) is 4.89. The van der Waals surface area contributed by atoms with Crippen LogP contribution in [0, 0.1) is 0 Å². The monoisotopic (exact) mass is 663 g/mol. The van der Waals surface area contributed by atoms with Crippen molar-refractivity contribution in [3.05, 3.63) is 41.1 Å². The number of carboxylic acid groups (broad SMARTS) is 2. The highest BCUT2D eigenvalue weighted by Gasteiger charge is 2.68. The van der Waals surface area contributed by atoms with Gasteiger partial charge < -0.3 is 44.1 Å². The van der Waals surface area contributed by atoms with Crippen LogP contribution >= 0.6 is 11.8 Å². The lowest BCUT2D eigenvalue weighted by atomic mass is 9.92. The van der Waals surface area contributed by atoms with Crippen LogP contribution in [0.4, 0.5) is 0 Å². The molecule has 18 nitrogen and oxygen atoms in total. The maximum atomic E-state index is 13.8. The molecule has 1 aromatic heterocycles. The van der Waals surface area contributed by atoms with Crippen molar-refractivity contribution in [1.29, 1.82) is 0 Å². The fourth-order valence-electron chi connectivity index (χ4n) is 5.01. The molecule has 1 fully saturated rings. The van der Waals surface area contributed by atoms with E-state index in [9.17, 15) is 39.3 Å². The molecule has 2 aliphatic rings. The van der Waals surface area contributed by atoms with Crippen LogP contribution in [0.5, 0.6) is 5.75 Å². The van der Waals surface area contributed by atoms with E-state index in [1.165, 1.54) is 28.9 Å². The Morgan fingerprint density at radius 3 is 2.46 bits per heavy atom. The van der Waals surface area contributed by atoms with Crippen LogP contribution in [0.15, 0.2) is 40.7 Å². The van der Waals surface area contributed by atoms with E-state index in [1.54, 1.807) is 28.2 Å². The summed E-state index contributed by atoms with van der Waals surface area (Å²) in [5, 5.41) is 44.8. The molecule has 2 aliphatic heterocycles. The van der Waals surface area contributed by atoms with Gasteiger partial charge in [-0.3, -0.25) is 19.3 Å². The number of fused-ring (bicyclic) bond motifs is 1. The van der Waals surface area contributed by atoms with Crippen molar-refractivity contribution in [2.45, 2.75) is 35.6 Å². The van der Waals surface area contributed by atoms with Crippen LogP contribution in [0.2, 0.25) is 0 Å². The fraction of sp³-hybridized carbons (Fsp3) is 0.481. The average Bonchev–Trinajstić information content (AvgIpc) is 3.38. The van der Waals surface area contributed by atoms with Gasteiger partial charge >= 0.3 is 11.9 Å². The van der Waals surface area contributed by atoms with E-state index in [0.717, 1.165) is 23.8 Å². The Morgan fingerprint density at radius 1 is 1.24 bits per heavy atom. The van der Waals surface area contributed by atoms with Gasteiger partial charge in [-0.05, 0) is 33.7 Å². The molecule has 2 unspecified atom stereocenters. The number of phenolic OH excluding ortho intramolecular Hbond substituents is 1. The summed E-state index contributed by atoms with van der Waals surface area (Å²) in [5.41, 5.74) is -2.21. The van der Waals surface area contributed by atoms with Gasteiger partial charge in [-0.25, -0.2) is 9.48 Å². The summed E-state index contributed by atoms with van der Waals surface area (Å²) >= 11 is 1.12. The lowest BCUT2D eigenvalue weighted by molar-refractivity contribution is -0.873. The van der Waals surface area contributed by atoms with Gasteiger partial charge in [-0.1, -0.05) is 23.9 Å². The molecule has 19 heteroatoms. The molecule has 248 valence electrons. The number of rotatable bonds is 14. The Bertz CT molecular complexity index is 1560. The van der Waals surface area contributed by atoms with E-state index in [-0.39, 0.29) is 46.0 Å². The van der Waals surface area contributed by atoms with Crippen molar-refractivity contribution in [1.82, 2.24) is 30.4 Å². The Labute approximate surface area is 266 Å². The number of β-lactam (4-membered cyclic amide) rings is 1. The lowest BCUT2D eigenvalue weighted by Crippen LogP contribution is -2.83. The summed E-state index contributed by atoms with van der Waals surface area (Å²) in [6.45, 7) is -0.166. The molecule has 3 heterocycles. The Kier molecular flexibility index (Phi) is 10.00. The zero-order chi connectivity index (χ0) is 34.0. The molecule has 3 N–H and O–H groups in total. The standard InChI is InChI=1S/C27H33N7O11S/c1-32-26(29-30-31-32)46-13-15-12-44-25-27(43-5,28-21(38)19(22(39)40)14-6-8-16(35)9-7-14)24(42)33(25)20(15)23(41)45-17(10-18(36)37)11-34(2,3)4/h6-9,17,19,25H,10-13H2,1-5H3,(H3-,28,35,36,37,38,39,40)/t17?,19?,25-,27+/m1/s1. The first kappa shape index (κ1) is 34.3. The number of aryl methyl sites for hydroxylation is 1. The summed E-state index contributed by atoms with van der Waals surface area (Å²) in [4.78, 5) is 65.4. The van der Waals surface area contributed by atoms with Gasteiger partial charge in [0.25, 0.3) is 11.6 Å². The lowest BCUT2D eigenvalue weighted by Gasteiger charge is -2.55. The van der Waals surface area contributed by atoms with Crippen molar-refractivity contribution in [2.75, 3.05) is 47.2 Å². The second-order valence-electron chi connectivity index (χ2n) is 11.5. The zero-order valence-corrected chi connectivity index (χ0v) is 26.3. The van der Waals surface area contributed by atoms with Crippen LogP contribution in [0.1, 0.15) is 17.9 Å². The fourth-order valence-corrected chi connectivity index (χ4v) is 5.85. The highest BCUT2D eigenvalue weighted by molar-refractivity contribution is 7.99. The number of ether oxygens (including phenoxy) is 3. The van der Waals surface area contributed by atoms with E-state index in [1.807, 2.05) is 0 Å². The molecule has 0 spiro atoms. The number of likely N-dealkylation sites (N-methyl/N-ethyl adjacent to an activating group) is 1. The first-order valence-electron chi connectivity index (χ1n) is 13.7. The number of methoxy groups -OCH3 is 1. The number of quaternary nitrogens is 1. The van der Waals surface area contributed by atoms with Crippen LogP contribution < -0.4 is 10.4 Å². The van der Waals surface area contributed by atoms with Crippen molar-refractivity contribution in [3.8, 4) is 5.75 Å². The SMILES string of the molecule is CO[C@@]1(NC(=O)C(C(=O)O)c2ccc(O)cc2)C(=O)N2C(C(=O)OC(CC(=O)[O-])C[N+](C)(C)C)=C(CSc3nnnn3C)CO[C@@H]21. The van der Waals surface area contributed by atoms with E-state index in [2.05, 4.69) is 20.8 Å². The second-order valence-corrected chi connectivity index (χ2v) is 12.5. The highest BCUT2D eigenvalue weighted by atomic mass is 32.2. The highest BCUT2D eigenvalue weighted by Crippen LogP contribution is 2.42. The smallest absolute Gasteiger partial charge is 0.355 e. The molecule has 1 saturated heterocycles. The molecular weight excluding hydrogens is 630 g/mol. The summed E-state index contributed by atoms with van der Waals surface area (Å²) < 4.78 is 18.6. The predicted molar refractivity (Wildman–Crippen MR) is 152 cm³/mol. The van der Waals surface area contributed by atoms with E-state index in [4.69, 9.17) is 14.2 Å². The van der Waals surface area contributed by atoms with Crippen LogP contribution in [0.25, 0.3) is 0 Å². The third-order valence-electron chi connectivity index (χ3n) is 7.05. The second kappa shape index (κ2) is 13.4. The number of aromatic nitrogens is 4. The quantitative estimate of drug-likeness (QED) is 0.0475. The molecule has 4 atom stereocenters. The number of nitrogens with one attached hydrogen (secondary N) is 1. The Morgan fingerprint density at radius 2 is 1.91 bits per heavy atom. The Hall–Kier alpha value is -4.59. The molecule has 46 heavy (non-hydrogen) atoms. The number of benzene rings is 1. The largest absolute Gasteiger partial charge is 0.550 e. The minimum absolute atomic E-state index is 0.0141. The number of amides is 2. The number of nitrogens with zero attached hydrogens (tertiary/aromatic N) is 6. The molecule has 2 aromatic rings. The number of carbonyl (C=O) groups excluding carboxylic acids is 4. The van der Waals surface area contributed by atoms with Gasteiger partial charge in [-0.15, -0.1) is 5.10 Å². The van der Waals surface area contributed by atoms with Crippen molar-refractivity contribution in [3.63, 3.8) is 0 Å². The van der Waals surface area contributed by atoms with Gasteiger partial charge in [0.1, 0.15) is 18.0 Å². The molecule has 4 rings (SSSR count). The normalized spacial score (nSPS) is 20.8. The third kappa shape index (κ3) is 7.11. The summed E-state index contributed by atoms with van der Waals surface area (Å²) in [5.74, 6) is -8.02. The molecule has 0 radical (unpaired) electrons. The van der Waals surface area contributed by atoms with Crippen molar-refractivity contribution in [2.24, 2.45) is 7.05 Å². The number of aromatic hydroxyl groups is 1. The van der Waals surface area contributed by atoms with Crippen molar-refractivity contribution < 1.29 is 58.0 Å². The number of hydrogen-bond acceptors (Lipinski definition) is 14. The average molecular weight is 664 g/mol. The first-order chi connectivity index (χ1) is 21.6. The molecular formula is C27H33N7O11S.